The lowest BCUT2D eigenvalue weighted by molar-refractivity contribution is -0.122. The van der Waals surface area contributed by atoms with Crippen molar-refractivity contribution >= 4 is 5.91 Å². The highest BCUT2D eigenvalue weighted by molar-refractivity contribution is 5.81. The highest BCUT2D eigenvalue weighted by Crippen LogP contribution is 2.27. The Balaban J connectivity index is 1.83. The Morgan fingerprint density at radius 2 is 2.15 bits per heavy atom. The molecule has 1 amide bonds. The fourth-order valence-electron chi connectivity index (χ4n) is 2.40. The molecule has 1 aromatic rings. The van der Waals surface area contributed by atoms with E-state index in [4.69, 9.17) is 9.47 Å². The third-order valence-electron chi connectivity index (χ3n) is 3.54. The lowest BCUT2D eigenvalue weighted by atomic mass is 10.1. The van der Waals surface area contributed by atoms with Crippen LogP contribution >= 0.6 is 0 Å². The Kier molecular flexibility index (Phi) is 5.24. The summed E-state index contributed by atoms with van der Waals surface area (Å²) in [7, 11) is 3.24. The maximum Gasteiger partial charge on any atom is 0.237 e. The van der Waals surface area contributed by atoms with E-state index < -0.39 is 0 Å². The molecule has 110 valence electrons. The zero-order valence-corrected chi connectivity index (χ0v) is 12.1. The van der Waals surface area contributed by atoms with Gasteiger partial charge in [-0.15, -0.1) is 0 Å². The van der Waals surface area contributed by atoms with Crippen LogP contribution in [-0.4, -0.2) is 39.3 Å². The second-order valence-corrected chi connectivity index (χ2v) is 4.88. The minimum absolute atomic E-state index is 0.0135. The molecule has 20 heavy (non-hydrogen) atoms. The van der Waals surface area contributed by atoms with Crippen LogP contribution in [0.2, 0.25) is 0 Å². The third-order valence-corrected chi connectivity index (χ3v) is 3.54. The van der Waals surface area contributed by atoms with Crippen LogP contribution in [0.25, 0.3) is 0 Å². The summed E-state index contributed by atoms with van der Waals surface area (Å²) in [6.45, 7) is 1.57. The number of hydrogen-bond acceptors (Lipinski definition) is 4. The zero-order chi connectivity index (χ0) is 14.4. The average Bonchev–Trinajstić information content (AvgIpc) is 3.01. The standard InChI is InChI=1S/C15H22N2O3/c1-19-13-6-5-11(10-14(13)20-2)7-9-17-15(18)12-4-3-8-16-12/h5-6,10,12,16H,3-4,7-9H2,1-2H3,(H,17,18). The Hall–Kier alpha value is -1.75. The summed E-state index contributed by atoms with van der Waals surface area (Å²) in [6, 6.07) is 5.80. The topological polar surface area (TPSA) is 59.6 Å². The molecule has 0 saturated carbocycles. The Bertz CT molecular complexity index is 456. The van der Waals surface area contributed by atoms with Crippen LogP contribution < -0.4 is 20.1 Å². The molecule has 1 aromatic carbocycles. The maximum absolute atomic E-state index is 11.8. The van der Waals surface area contributed by atoms with E-state index in [1.54, 1.807) is 14.2 Å². The van der Waals surface area contributed by atoms with Crippen LogP contribution in [0.15, 0.2) is 18.2 Å². The van der Waals surface area contributed by atoms with Crippen LogP contribution in [0.5, 0.6) is 11.5 Å². The predicted octanol–water partition coefficient (Wildman–Crippen LogP) is 1.11. The van der Waals surface area contributed by atoms with Crippen molar-refractivity contribution in [1.29, 1.82) is 0 Å². The monoisotopic (exact) mass is 278 g/mol. The van der Waals surface area contributed by atoms with Crippen molar-refractivity contribution in [2.75, 3.05) is 27.3 Å². The van der Waals surface area contributed by atoms with Crippen LogP contribution in [0.1, 0.15) is 18.4 Å². The van der Waals surface area contributed by atoms with Gasteiger partial charge in [-0.25, -0.2) is 0 Å². The van der Waals surface area contributed by atoms with E-state index >= 15 is 0 Å². The molecule has 1 atom stereocenters. The molecule has 2 N–H and O–H groups in total. The number of carbonyl (C=O) groups excluding carboxylic acids is 1. The van der Waals surface area contributed by atoms with Crippen LogP contribution in [0.4, 0.5) is 0 Å². The number of methoxy groups -OCH3 is 2. The minimum Gasteiger partial charge on any atom is -0.493 e. The summed E-state index contributed by atoms with van der Waals surface area (Å²) in [5, 5.41) is 6.16. The molecule has 5 heteroatoms. The smallest absolute Gasteiger partial charge is 0.237 e. The summed E-state index contributed by atoms with van der Waals surface area (Å²) in [6.07, 6.45) is 2.79. The molecule has 1 aliphatic rings. The zero-order valence-electron chi connectivity index (χ0n) is 12.1. The molecule has 1 heterocycles. The van der Waals surface area contributed by atoms with Crippen molar-refractivity contribution in [1.82, 2.24) is 10.6 Å². The van der Waals surface area contributed by atoms with Gasteiger partial charge < -0.3 is 20.1 Å². The number of nitrogens with one attached hydrogen (secondary N) is 2. The van der Waals surface area contributed by atoms with Crippen molar-refractivity contribution in [3.05, 3.63) is 23.8 Å². The second-order valence-electron chi connectivity index (χ2n) is 4.88. The van der Waals surface area contributed by atoms with Crippen molar-refractivity contribution in [3.8, 4) is 11.5 Å². The number of hydrogen-bond donors (Lipinski definition) is 2. The normalized spacial score (nSPS) is 17.8. The molecule has 0 aromatic heterocycles. The average molecular weight is 278 g/mol. The SMILES string of the molecule is COc1ccc(CCNC(=O)C2CCCN2)cc1OC. The van der Waals surface area contributed by atoms with Crippen LogP contribution in [-0.2, 0) is 11.2 Å². The number of ether oxygens (including phenoxy) is 2. The molecule has 1 aliphatic heterocycles. The molecule has 0 spiro atoms. The molecular formula is C15H22N2O3. The Morgan fingerprint density at radius 1 is 1.35 bits per heavy atom. The highest BCUT2D eigenvalue weighted by atomic mass is 16.5. The first-order chi connectivity index (χ1) is 9.74. The van der Waals surface area contributed by atoms with Gasteiger partial charge in [-0.2, -0.15) is 0 Å². The van der Waals surface area contributed by atoms with Gasteiger partial charge in [0.05, 0.1) is 20.3 Å². The third kappa shape index (κ3) is 3.63. The molecule has 1 fully saturated rings. The Labute approximate surface area is 119 Å². The van der Waals surface area contributed by atoms with Gasteiger partial charge in [0.2, 0.25) is 5.91 Å². The quantitative estimate of drug-likeness (QED) is 0.818. The summed E-state index contributed by atoms with van der Waals surface area (Å²) in [5.74, 6) is 1.53. The van der Waals surface area contributed by atoms with E-state index in [9.17, 15) is 4.79 Å². The van der Waals surface area contributed by atoms with E-state index in [0.717, 1.165) is 37.1 Å². The molecule has 1 unspecified atom stereocenters. The van der Waals surface area contributed by atoms with Gasteiger partial charge in [-0.05, 0) is 43.5 Å². The Morgan fingerprint density at radius 3 is 2.80 bits per heavy atom. The second kappa shape index (κ2) is 7.14. The summed E-state index contributed by atoms with van der Waals surface area (Å²) in [5.41, 5.74) is 1.11. The first-order valence-electron chi connectivity index (χ1n) is 6.96. The molecule has 0 aliphatic carbocycles. The van der Waals surface area contributed by atoms with E-state index in [2.05, 4.69) is 10.6 Å². The number of rotatable bonds is 6. The number of carbonyl (C=O) groups is 1. The minimum atomic E-state index is -0.0135. The van der Waals surface area contributed by atoms with Crippen molar-refractivity contribution in [2.45, 2.75) is 25.3 Å². The van der Waals surface area contributed by atoms with Crippen LogP contribution in [0, 0.1) is 0 Å². The highest BCUT2D eigenvalue weighted by Gasteiger charge is 2.21. The van der Waals surface area contributed by atoms with Crippen molar-refractivity contribution in [3.63, 3.8) is 0 Å². The fraction of sp³-hybridized carbons (Fsp3) is 0.533. The molecule has 5 nitrogen and oxygen atoms in total. The van der Waals surface area contributed by atoms with Crippen molar-refractivity contribution in [2.24, 2.45) is 0 Å². The van der Waals surface area contributed by atoms with Gasteiger partial charge >= 0.3 is 0 Å². The number of amides is 1. The molecule has 0 radical (unpaired) electrons. The summed E-state index contributed by atoms with van der Waals surface area (Å²) in [4.78, 5) is 11.8. The first kappa shape index (κ1) is 14.7. The first-order valence-corrected chi connectivity index (χ1v) is 6.96. The summed E-state index contributed by atoms with van der Waals surface area (Å²) < 4.78 is 10.5. The van der Waals surface area contributed by atoms with Gasteiger partial charge in [0.25, 0.3) is 0 Å². The van der Waals surface area contributed by atoms with Crippen LogP contribution in [0.3, 0.4) is 0 Å². The number of benzene rings is 1. The molecule has 1 saturated heterocycles. The van der Waals surface area contributed by atoms with E-state index in [1.807, 2.05) is 18.2 Å². The van der Waals surface area contributed by atoms with Gasteiger partial charge in [-0.1, -0.05) is 6.07 Å². The van der Waals surface area contributed by atoms with Gasteiger partial charge in [0.1, 0.15) is 0 Å². The lowest BCUT2D eigenvalue weighted by Gasteiger charge is -2.12. The predicted molar refractivity (Wildman–Crippen MR) is 77.3 cm³/mol. The fourth-order valence-corrected chi connectivity index (χ4v) is 2.40. The lowest BCUT2D eigenvalue weighted by Crippen LogP contribution is -2.41. The van der Waals surface area contributed by atoms with E-state index in [1.165, 1.54) is 0 Å². The van der Waals surface area contributed by atoms with E-state index in [0.29, 0.717) is 12.3 Å². The molecule has 2 rings (SSSR count). The molecule has 0 bridgehead atoms. The van der Waals surface area contributed by atoms with Gasteiger partial charge in [-0.3, -0.25) is 4.79 Å². The van der Waals surface area contributed by atoms with Gasteiger partial charge in [0, 0.05) is 6.54 Å². The molecular weight excluding hydrogens is 256 g/mol. The van der Waals surface area contributed by atoms with Crippen molar-refractivity contribution < 1.29 is 14.3 Å². The summed E-state index contributed by atoms with van der Waals surface area (Å²) >= 11 is 0. The van der Waals surface area contributed by atoms with E-state index in [-0.39, 0.29) is 11.9 Å². The largest absolute Gasteiger partial charge is 0.493 e. The van der Waals surface area contributed by atoms with Gasteiger partial charge in [0.15, 0.2) is 11.5 Å². The maximum atomic E-state index is 11.8.